The Morgan fingerprint density at radius 1 is 1.33 bits per heavy atom. The molecule has 0 aromatic heterocycles. The number of phenols is 1. The van der Waals surface area contributed by atoms with Gasteiger partial charge in [0.15, 0.2) is 0 Å². The fraction of sp³-hybridized carbons (Fsp3) is 0.417. The van der Waals surface area contributed by atoms with Gasteiger partial charge >= 0.3 is 12.1 Å². The van der Waals surface area contributed by atoms with Crippen molar-refractivity contribution in [2.75, 3.05) is 0 Å². The summed E-state index contributed by atoms with van der Waals surface area (Å²) in [6.07, 6.45) is -6.02. The molecule has 1 N–H and O–H groups in total. The quantitative estimate of drug-likeness (QED) is 0.848. The summed E-state index contributed by atoms with van der Waals surface area (Å²) in [5.41, 5.74) is 0.525. The van der Waals surface area contributed by atoms with Crippen LogP contribution >= 0.6 is 0 Å². The van der Waals surface area contributed by atoms with Crippen LogP contribution in [0.2, 0.25) is 0 Å². The lowest BCUT2D eigenvalue weighted by atomic mass is 10.00. The van der Waals surface area contributed by atoms with Crippen LogP contribution in [0.3, 0.4) is 0 Å². The second-order valence-electron chi connectivity index (χ2n) is 4.14. The van der Waals surface area contributed by atoms with Gasteiger partial charge in [-0.25, -0.2) is 4.79 Å². The largest absolute Gasteiger partial charge is 0.508 e. The van der Waals surface area contributed by atoms with E-state index in [0.29, 0.717) is 5.56 Å². The third-order valence-electron chi connectivity index (χ3n) is 2.80. The van der Waals surface area contributed by atoms with E-state index in [1.165, 1.54) is 18.2 Å². The molecule has 1 heterocycles. The van der Waals surface area contributed by atoms with Crippen LogP contribution in [-0.2, 0) is 4.74 Å². The molecule has 1 aliphatic heterocycles. The third kappa shape index (κ3) is 2.57. The number of ether oxygens (including phenoxy) is 1. The predicted octanol–water partition coefficient (Wildman–Crippen LogP) is 3.34. The molecule has 1 aliphatic rings. The summed E-state index contributed by atoms with van der Waals surface area (Å²) in [4.78, 5) is 11.4. The summed E-state index contributed by atoms with van der Waals surface area (Å²) >= 11 is 0. The van der Waals surface area contributed by atoms with E-state index in [1.807, 2.05) is 0 Å². The van der Waals surface area contributed by atoms with Gasteiger partial charge in [-0.05, 0) is 25.0 Å². The molecule has 0 saturated heterocycles. The zero-order valence-electron chi connectivity index (χ0n) is 9.33. The Labute approximate surface area is 101 Å². The van der Waals surface area contributed by atoms with Crippen LogP contribution < -0.4 is 0 Å². The molecule has 0 spiro atoms. The first-order valence-electron chi connectivity index (χ1n) is 5.48. The predicted molar refractivity (Wildman–Crippen MR) is 56.2 cm³/mol. The molecule has 1 atom stereocenters. The zero-order valence-corrected chi connectivity index (χ0v) is 9.33. The maximum atomic E-state index is 12.0. The number of carbonyl (C=O) groups is 1. The first-order chi connectivity index (χ1) is 8.38. The fourth-order valence-electron chi connectivity index (χ4n) is 2.01. The molecule has 0 aliphatic carbocycles. The number of cyclic esters (lactones) is 1. The van der Waals surface area contributed by atoms with E-state index in [4.69, 9.17) is 4.74 Å². The van der Waals surface area contributed by atoms with E-state index in [1.54, 1.807) is 0 Å². The van der Waals surface area contributed by atoms with Crippen LogP contribution in [0.15, 0.2) is 18.2 Å². The zero-order chi connectivity index (χ0) is 13.3. The van der Waals surface area contributed by atoms with Crippen molar-refractivity contribution < 1.29 is 27.8 Å². The average molecular weight is 260 g/mol. The minimum atomic E-state index is -4.22. The van der Waals surface area contributed by atoms with Gasteiger partial charge in [-0.1, -0.05) is 6.07 Å². The van der Waals surface area contributed by atoms with Gasteiger partial charge in [0.2, 0.25) is 0 Å². The highest BCUT2D eigenvalue weighted by Crippen LogP contribution is 2.40. The van der Waals surface area contributed by atoms with E-state index in [-0.39, 0.29) is 24.2 Å². The number of aromatic hydroxyl groups is 1. The van der Waals surface area contributed by atoms with Gasteiger partial charge in [-0.15, -0.1) is 0 Å². The molecule has 0 amide bonds. The second-order valence-corrected chi connectivity index (χ2v) is 4.14. The van der Waals surface area contributed by atoms with Crippen LogP contribution in [-0.4, -0.2) is 17.3 Å². The van der Waals surface area contributed by atoms with Gasteiger partial charge in [0, 0.05) is 12.0 Å². The third-order valence-corrected chi connectivity index (χ3v) is 2.80. The number of rotatable bonds is 3. The van der Waals surface area contributed by atoms with Crippen molar-refractivity contribution in [3.8, 4) is 5.75 Å². The Kier molecular flexibility index (Phi) is 3.19. The van der Waals surface area contributed by atoms with E-state index >= 15 is 0 Å². The molecule has 0 saturated carbocycles. The van der Waals surface area contributed by atoms with Crippen molar-refractivity contribution in [2.45, 2.75) is 31.5 Å². The van der Waals surface area contributed by atoms with E-state index in [2.05, 4.69) is 0 Å². The van der Waals surface area contributed by atoms with Crippen LogP contribution in [0.25, 0.3) is 0 Å². The highest BCUT2D eigenvalue weighted by atomic mass is 19.4. The SMILES string of the molecule is O=C1O[C@@H](CCCC(F)(F)F)c2c(O)cccc21. The minimum absolute atomic E-state index is 0.0514. The van der Waals surface area contributed by atoms with Crippen molar-refractivity contribution in [3.05, 3.63) is 29.3 Å². The highest BCUT2D eigenvalue weighted by molar-refractivity contribution is 5.94. The van der Waals surface area contributed by atoms with Gasteiger partial charge in [-0.3, -0.25) is 0 Å². The molecule has 1 aromatic carbocycles. The number of esters is 1. The summed E-state index contributed by atoms with van der Waals surface area (Å²) in [5, 5.41) is 9.62. The smallest absolute Gasteiger partial charge is 0.389 e. The van der Waals surface area contributed by atoms with Crippen molar-refractivity contribution in [1.82, 2.24) is 0 Å². The number of halogens is 3. The summed E-state index contributed by atoms with van der Waals surface area (Å²) in [5.74, 6) is -0.715. The maximum Gasteiger partial charge on any atom is 0.389 e. The monoisotopic (exact) mass is 260 g/mol. The van der Waals surface area contributed by atoms with Crippen molar-refractivity contribution in [3.63, 3.8) is 0 Å². The molecule has 18 heavy (non-hydrogen) atoms. The van der Waals surface area contributed by atoms with Gasteiger partial charge in [-0.2, -0.15) is 13.2 Å². The first-order valence-corrected chi connectivity index (χ1v) is 5.48. The Bertz CT molecular complexity index is 468. The van der Waals surface area contributed by atoms with E-state index in [0.717, 1.165) is 0 Å². The lowest BCUT2D eigenvalue weighted by Crippen LogP contribution is -2.08. The van der Waals surface area contributed by atoms with Crippen molar-refractivity contribution >= 4 is 5.97 Å². The van der Waals surface area contributed by atoms with Crippen LogP contribution in [0.1, 0.15) is 41.3 Å². The van der Waals surface area contributed by atoms with Crippen LogP contribution in [0.4, 0.5) is 13.2 Å². The lowest BCUT2D eigenvalue weighted by Gasteiger charge is -2.12. The van der Waals surface area contributed by atoms with Gasteiger partial charge in [0.25, 0.3) is 0 Å². The summed E-state index contributed by atoms with van der Waals surface area (Å²) < 4.78 is 41.0. The Morgan fingerprint density at radius 3 is 2.72 bits per heavy atom. The molecule has 6 heteroatoms. The fourth-order valence-corrected chi connectivity index (χ4v) is 2.01. The number of hydrogen-bond acceptors (Lipinski definition) is 3. The van der Waals surface area contributed by atoms with Gasteiger partial charge < -0.3 is 9.84 Å². The average Bonchev–Trinajstić information content (AvgIpc) is 2.56. The standard InChI is InChI=1S/C12H11F3O3/c13-12(14,15)6-2-5-9-10-7(11(17)18-9)3-1-4-8(10)16/h1,3-4,9,16H,2,5-6H2/t9-/m0/s1. The Balaban J connectivity index is 2.08. The van der Waals surface area contributed by atoms with Gasteiger partial charge in [0.1, 0.15) is 11.9 Å². The van der Waals surface area contributed by atoms with Crippen molar-refractivity contribution in [1.29, 1.82) is 0 Å². The molecule has 0 radical (unpaired) electrons. The number of fused-ring (bicyclic) bond motifs is 1. The van der Waals surface area contributed by atoms with E-state index < -0.39 is 24.7 Å². The molecule has 0 bridgehead atoms. The Hall–Kier alpha value is -1.72. The molecule has 0 unspecified atom stereocenters. The molecule has 3 nitrogen and oxygen atoms in total. The molecule has 98 valence electrons. The van der Waals surface area contributed by atoms with Crippen molar-refractivity contribution in [2.24, 2.45) is 0 Å². The molecular formula is C12H11F3O3. The summed E-state index contributed by atoms with van der Waals surface area (Å²) in [6.45, 7) is 0. The van der Waals surface area contributed by atoms with Gasteiger partial charge in [0.05, 0.1) is 5.56 Å². The number of phenolic OH excluding ortho intramolecular Hbond substituents is 1. The molecule has 0 fully saturated rings. The normalized spacial score (nSPS) is 18.6. The van der Waals surface area contributed by atoms with E-state index in [9.17, 15) is 23.1 Å². The second kappa shape index (κ2) is 4.51. The van der Waals surface area contributed by atoms with Crippen LogP contribution in [0.5, 0.6) is 5.75 Å². The molecule has 2 rings (SSSR count). The lowest BCUT2D eigenvalue weighted by molar-refractivity contribution is -0.136. The number of benzene rings is 1. The maximum absolute atomic E-state index is 12.0. The highest BCUT2D eigenvalue weighted by Gasteiger charge is 2.34. The summed E-state index contributed by atoms with van der Waals surface area (Å²) in [6, 6.07) is 4.37. The number of alkyl halides is 3. The van der Waals surface area contributed by atoms with Crippen LogP contribution in [0, 0.1) is 0 Å². The Morgan fingerprint density at radius 2 is 2.06 bits per heavy atom. The number of hydrogen-bond donors (Lipinski definition) is 1. The topological polar surface area (TPSA) is 46.5 Å². The summed E-state index contributed by atoms with van der Waals surface area (Å²) in [7, 11) is 0. The number of carbonyl (C=O) groups excluding carboxylic acids is 1. The molecular weight excluding hydrogens is 249 g/mol. The molecule has 1 aromatic rings. The minimum Gasteiger partial charge on any atom is -0.508 e. The first kappa shape index (κ1) is 12.7.